The SMILES string of the molecule is N#CCC1(n2cc(-c3ncnc4[nH]ccc34)c(N)n2)CN(C2CCN(C(=O)c3ccnc(C(F)(F)F)c3F)CC2)C1. The van der Waals surface area contributed by atoms with Crippen LogP contribution in [0, 0.1) is 17.1 Å². The summed E-state index contributed by atoms with van der Waals surface area (Å²) in [5.41, 5.74) is 5.27. The summed E-state index contributed by atoms with van der Waals surface area (Å²) in [6, 6.07) is 5.15. The maximum absolute atomic E-state index is 14.5. The number of hydrogen-bond acceptors (Lipinski definition) is 8. The number of amides is 1. The van der Waals surface area contributed by atoms with E-state index in [0.29, 0.717) is 42.8 Å². The number of aromatic amines is 1. The highest BCUT2D eigenvalue weighted by atomic mass is 19.4. The van der Waals surface area contributed by atoms with Crippen LogP contribution in [0.3, 0.4) is 0 Å². The molecule has 6 rings (SSSR count). The van der Waals surface area contributed by atoms with Crippen molar-refractivity contribution in [3.63, 3.8) is 0 Å². The van der Waals surface area contributed by atoms with Gasteiger partial charge in [-0.05, 0) is 25.0 Å². The topological polar surface area (TPSA) is 146 Å². The Balaban J connectivity index is 1.14. The molecule has 0 spiro atoms. The predicted molar refractivity (Wildman–Crippen MR) is 137 cm³/mol. The number of aromatic nitrogens is 6. The molecule has 0 unspecified atom stereocenters. The van der Waals surface area contributed by atoms with E-state index in [-0.39, 0.29) is 31.4 Å². The average Bonchev–Trinajstić information content (AvgIpc) is 3.56. The fourth-order valence-electron chi connectivity index (χ4n) is 5.76. The van der Waals surface area contributed by atoms with Gasteiger partial charge >= 0.3 is 6.18 Å². The van der Waals surface area contributed by atoms with Gasteiger partial charge in [0.05, 0.1) is 29.3 Å². The van der Waals surface area contributed by atoms with Gasteiger partial charge in [0.25, 0.3) is 5.91 Å². The molecule has 2 aliphatic heterocycles. The van der Waals surface area contributed by atoms with Gasteiger partial charge in [0.15, 0.2) is 17.3 Å². The average molecular weight is 569 g/mol. The summed E-state index contributed by atoms with van der Waals surface area (Å²) in [5.74, 6) is -2.17. The molecule has 0 saturated carbocycles. The number of nitrogens with two attached hydrogens (primary N) is 1. The minimum absolute atomic E-state index is 0.0765. The molecule has 2 aliphatic rings. The van der Waals surface area contributed by atoms with Crippen molar-refractivity contribution in [2.45, 2.75) is 37.0 Å². The molecule has 2 saturated heterocycles. The first-order valence-corrected chi connectivity index (χ1v) is 12.9. The van der Waals surface area contributed by atoms with Crippen LogP contribution in [0.2, 0.25) is 0 Å². The lowest BCUT2D eigenvalue weighted by atomic mass is 9.83. The number of pyridine rings is 1. The molecule has 15 heteroatoms. The van der Waals surface area contributed by atoms with Gasteiger partial charge in [-0.2, -0.15) is 23.5 Å². The van der Waals surface area contributed by atoms with Gasteiger partial charge in [-0.3, -0.25) is 14.4 Å². The molecule has 4 aromatic heterocycles. The number of nitrogen functional groups attached to an aromatic ring is 1. The third kappa shape index (κ3) is 4.53. The monoisotopic (exact) mass is 568 g/mol. The Morgan fingerprint density at radius 1 is 1.20 bits per heavy atom. The summed E-state index contributed by atoms with van der Waals surface area (Å²) in [7, 11) is 0. The van der Waals surface area contributed by atoms with E-state index in [1.54, 1.807) is 17.1 Å². The number of nitrogens with one attached hydrogen (secondary N) is 1. The highest BCUT2D eigenvalue weighted by Gasteiger charge is 2.49. The van der Waals surface area contributed by atoms with Gasteiger partial charge in [0.1, 0.15) is 17.5 Å². The van der Waals surface area contributed by atoms with Gasteiger partial charge in [0, 0.05) is 56.2 Å². The van der Waals surface area contributed by atoms with Gasteiger partial charge < -0.3 is 15.6 Å². The van der Waals surface area contributed by atoms with Crippen molar-refractivity contribution in [2.75, 3.05) is 31.9 Å². The number of alkyl halides is 3. The second-order valence-corrected chi connectivity index (χ2v) is 10.3. The zero-order valence-electron chi connectivity index (χ0n) is 21.6. The van der Waals surface area contributed by atoms with Crippen LogP contribution in [0.15, 0.2) is 37.1 Å². The predicted octanol–water partition coefficient (Wildman–Crippen LogP) is 3.19. The number of piperidine rings is 1. The summed E-state index contributed by atoms with van der Waals surface area (Å²) in [6.07, 6.45) is 2.10. The van der Waals surface area contributed by atoms with E-state index in [1.807, 2.05) is 6.07 Å². The van der Waals surface area contributed by atoms with Crippen LogP contribution < -0.4 is 5.73 Å². The Bertz CT molecular complexity index is 1660. The summed E-state index contributed by atoms with van der Waals surface area (Å²) in [6.45, 7) is 1.56. The van der Waals surface area contributed by atoms with Gasteiger partial charge in [-0.25, -0.2) is 19.3 Å². The molecule has 6 heterocycles. The molecule has 0 bridgehead atoms. The van der Waals surface area contributed by atoms with Crippen LogP contribution in [0.4, 0.5) is 23.4 Å². The molecule has 11 nitrogen and oxygen atoms in total. The Morgan fingerprint density at radius 2 is 1.95 bits per heavy atom. The van der Waals surface area contributed by atoms with E-state index >= 15 is 0 Å². The van der Waals surface area contributed by atoms with E-state index in [9.17, 15) is 27.6 Å². The van der Waals surface area contributed by atoms with Crippen molar-refractivity contribution in [1.29, 1.82) is 5.26 Å². The second-order valence-electron chi connectivity index (χ2n) is 10.3. The quantitative estimate of drug-likeness (QED) is 0.349. The minimum Gasteiger partial charge on any atom is -0.382 e. The number of fused-ring (bicyclic) bond motifs is 1. The fraction of sp³-hybridized carbons (Fsp3) is 0.385. The van der Waals surface area contributed by atoms with Crippen molar-refractivity contribution in [2.24, 2.45) is 0 Å². The fourth-order valence-corrected chi connectivity index (χ4v) is 5.76. The molecule has 4 aromatic rings. The molecular formula is C26H24F4N10O. The highest BCUT2D eigenvalue weighted by molar-refractivity contribution is 5.95. The van der Waals surface area contributed by atoms with Crippen LogP contribution in [0.5, 0.6) is 0 Å². The van der Waals surface area contributed by atoms with Crippen molar-refractivity contribution < 1.29 is 22.4 Å². The first-order chi connectivity index (χ1) is 19.6. The van der Waals surface area contributed by atoms with E-state index in [0.717, 1.165) is 17.6 Å². The maximum atomic E-state index is 14.5. The lowest BCUT2D eigenvalue weighted by molar-refractivity contribution is -0.143. The number of likely N-dealkylation sites (tertiary alicyclic amines) is 2. The Labute approximate surface area is 230 Å². The lowest BCUT2D eigenvalue weighted by Gasteiger charge is -2.53. The maximum Gasteiger partial charge on any atom is 0.436 e. The molecule has 212 valence electrons. The molecular weight excluding hydrogens is 544 g/mol. The summed E-state index contributed by atoms with van der Waals surface area (Å²) in [5, 5.41) is 15.0. The Kier molecular flexibility index (Phi) is 6.37. The van der Waals surface area contributed by atoms with Crippen molar-refractivity contribution >= 4 is 22.8 Å². The molecule has 0 aromatic carbocycles. The second kappa shape index (κ2) is 9.81. The van der Waals surface area contributed by atoms with Gasteiger partial charge in [-0.15, -0.1) is 0 Å². The zero-order valence-corrected chi connectivity index (χ0v) is 21.6. The third-order valence-electron chi connectivity index (χ3n) is 7.90. The highest BCUT2D eigenvalue weighted by Crippen LogP contribution is 2.39. The zero-order chi connectivity index (χ0) is 28.9. The molecule has 3 N–H and O–H groups in total. The number of carbonyl (C=O) groups excluding carboxylic acids is 1. The normalized spacial score (nSPS) is 17.9. The number of rotatable bonds is 5. The van der Waals surface area contributed by atoms with E-state index in [2.05, 4.69) is 36.0 Å². The molecule has 1 amide bonds. The number of carbonyl (C=O) groups is 1. The Hall–Kier alpha value is -4.58. The summed E-state index contributed by atoms with van der Waals surface area (Å²) < 4.78 is 55.3. The largest absolute Gasteiger partial charge is 0.436 e. The van der Waals surface area contributed by atoms with Crippen LogP contribution in [-0.2, 0) is 11.7 Å². The number of anilines is 1. The smallest absolute Gasteiger partial charge is 0.382 e. The van der Waals surface area contributed by atoms with E-state index in [4.69, 9.17) is 5.73 Å². The van der Waals surface area contributed by atoms with Crippen molar-refractivity contribution in [3.8, 4) is 17.3 Å². The summed E-state index contributed by atoms with van der Waals surface area (Å²) >= 11 is 0. The lowest BCUT2D eigenvalue weighted by Crippen LogP contribution is -2.66. The Morgan fingerprint density at radius 3 is 2.66 bits per heavy atom. The third-order valence-corrected chi connectivity index (χ3v) is 7.90. The molecule has 0 atom stereocenters. The first kappa shape index (κ1) is 26.6. The van der Waals surface area contributed by atoms with Crippen molar-refractivity contribution in [3.05, 3.63) is 54.1 Å². The van der Waals surface area contributed by atoms with Crippen molar-refractivity contribution in [1.82, 2.24) is 39.5 Å². The van der Waals surface area contributed by atoms with E-state index < -0.39 is 34.7 Å². The number of H-pyrrole nitrogens is 1. The van der Waals surface area contributed by atoms with Crippen LogP contribution >= 0.6 is 0 Å². The number of halogens is 4. The van der Waals surface area contributed by atoms with Gasteiger partial charge in [0.2, 0.25) is 0 Å². The molecule has 0 aliphatic carbocycles. The first-order valence-electron chi connectivity index (χ1n) is 12.9. The van der Waals surface area contributed by atoms with Gasteiger partial charge in [-0.1, -0.05) is 0 Å². The number of hydrogen-bond donors (Lipinski definition) is 2. The van der Waals surface area contributed by atoms with E-state index in [1.165, 1.54) is 11.2 Å². The van der Waals surface area contributed by atoms with Crippen LogP contribution in [-0.4, -0.2) is 77.6 Å². The molecule has 0 radical (unpaired) electrons. The molecule has 2 fully saturated rings. The van der Waals surface area contributed by atoms with Crippen LogP contribution in [0.1, 0.15) is 35.3 Å². The van der Waals surface area contributed by atoms with Crippen LogP contribution in [0.25, 0.3) is 22.3 Å². The number of nitriles is 1. The molecule has 41 heavy (non-hydrogen) atoms. The standard InChI is InChI=1S/C26H24F4N10O/c27-19-16(1-7-33-21(19)26(28,29)30)24(41)38-9-3-15(4-10-38)39-12-25(13-39,5-6-31)40-11-18(22(32)37-40)20-17-2-8-34-23(17)36-14-35-20/h1-2,7-8,11,14-15H,3-5,9-10,12-13H2,(H2,32,37)(H,34,35,36). The minimum atomic E-state index is -5.00. The number of nitrogens with zero attached hydrogens (tertiary/aromatic N) is 8. The summed E-state index contributed by atoms with van der Waals surface area (Å²) in [4.78, 5) is 31.1.